The van der Waals surface area contributed by atoms with Gasteiger partial charge in [-0.3, -0.25) is 4.79 Å². The third-order valence-corrected chi connectivity index (χ3v) is 3.18. The van der Waals surface area contributed by atoms with Crippen LogP contribution in [0.1, 0.15) is 5.56 Å². The number of anilines is 1. The molecule has 1 heterocycles. The van der Waals surface area contributed by atoms with Gasteiger partial charge in [0.25, 0.3) is 5.91 Å². The topological polar surface area (TPSA) is 94.4 Å². The quantitative estimate of drug-likeness (QED) is 0.635. The maximum Gasteiger partial charge on any atom is 0.416 e. The number of carbonyl (C=O) groups excluding carboxylic acids is 1. The van der Waals surface area contributed by atoms with Crippen LogP contribution >= 0.6 is 11.6 Å². The highest BCUT2D eigenvalue weighted by Gasteiger charge is 2.31. The number of rotatable bonds is 5. The lowest BCUT2D eigenvalue weighted by Gasteiger charge is -2.12. The lowest BCUT2D eigenvalue weighted by Crippen LogP contribution is -2.21. The van der Waals surface area contributed by atoms with E-state index in [1.165, 1.54) is 18.3 Å². The molecule has 2 rings (SSSR count). The van der Waals surface area contributed by atoms with Crippen LogP contribution in [0.5, 0.6) is 5.75 Å². The highest BCUT2D eigenvalue weighted by Crippen LogP contribution is 2.33. The van der Waals surface area contributed by atoms with Crippen LogP contribution in [0, 0.1) is 10.1 Å². The number of carbonyl (C=O) groups is 1. The number of amides is 1. The second kappa shape index (κ2) is 7.34. The molecule has 25 heavy (non-hydrogen) atoms. The van der Waals surface area contributed by atoms with Crippen LogP contribution in [-0.2, 0) is 11.0 Å². The number of ether oxygens (including phenoxy) is 1. The van der Waals surface area contributed by atoms with Crippen molar-refractivity contribution in [3.8, 4) is 5.75 Å². The highest BCUT2D eigenvalue weighted by molar-refractivity contribution is 6.33. The maximum absolute atomic E-state index is 12.7. The minimum Gasteiger partial charge on any atom is -0.476 e. The largest absolute Gasteiger partial charge is 0.476 e. The van der Waals surface area contributed by atoms with E-state index in [2.05, 4.69) is 10.3 Å². The van der Waals surface area contributed by atoms with E-state index in [0.717, 1.165) is 12.1 Å². The second-order valence-electron chi connectivity index (χ2n) is 4.61. The second-order valence-corrected chi connectivity index (χ2v) is 5.02. The molecule has 11 heteroatoms. The summed E-state index contributed by atoms with van der Waals surface area (Å²) in [5.74, 6) is -1.69. The Morgan fingerprint density at radius 2 is 2.08 bits per heavy atom. The number of nitro groups is 1. The normalized spacial score (nSPS) is 11.0. The van der Waals surface area contributed by atoms with Crippen molar-refractivity contribution in [1.82, 2.24) is 4.98 Å². The summed E-state index contributed by atoms with van der Waals surface area (Å²) >= 11 is 5.75. The van der Waals surface area contributed by atoms with E-state index in [4.69, 9.17) is 16.3 Å². The highest BCUT2D eigenvalue weighted by atomic mass is 35.5. The predicted octanol–water partition coefficient (Wildman–Crippen LogP) is 3.68. The fourth-order valence-corrected chi connectivity index (χ4v) is 1.92. The number of hydrogen-bond acceptors (Lipinski definition) is 5. The number of aromatic nitrogens is 1. The smallest absolute Gasteiger partial charge is 0.416 e. The van der Waals surface area contributed by atoms with E-state index in [0.29, 0.717) is 6.07 Å². The van der Waals surface area contributed by atoms with Gasteiger partial charge in [-0.25, -0.2) is 0 Å². The first-order valence-corrected chi connectivity index (χ1v) is 6.95. The van der Waals surface area contributed by atoms with Crippen molar-refractivity contribution in [1.29, 1.82) is 0 Å². The van der Waals surface area contributed by atoms with E-state index < -0.39 is 35.0 Å². The van der Waals surface area contributed by atoms with Gasteiger partial charge in [-0.05, 0) is 40.2 Å². The number of halogens is 4. The molecule has 0 saturated carbocycles. The van der Waals surface area contributed by atoms with Crippen molar-refractivity contribution in [2.75, 3.05) is 11.9 Å². The lowest BCUT2D eigenvalue weighted by atomic mass is 10.2. The molecular weight excluding hydrogens is 367 g/mol. The summed E-state index contributed by atoms with van der Waals surface area (Å²) < 4.78 is 43.0. The minimum atomic E-state index is -4.60. The molecule has 0 spiro atoms. The van der Waals surface area contributed by atoms with Crippen LogP contribution in [0.25, 0.3) is 0 Å². The average molecular weight is 376 g/mol. The lowest BCUT2D eigenvalue weighted by molar-refractivity contribution is -0.390. The van der Waals surface area contributed by atoms with E-state index in [1.807, 2.05) is 0 Å². The zero-order valence-corrected chi connectivity index (χ0v) is 13.0. The molecule has 2 aromatic rings. The number of nitrogens with one attached hydrogen (secondary N) is 1. The van der Waals surface area contributed by atoms with Crippen molar-refractivity contribution in [3.05, 3.63) is 57.2 Å². The molecule has 0 aliphatic rings. The van der Waals surface area contributed by atoms with Gasteiger partial charge in [0.1, 0.15) is 6.20 Å². The number of pyridine rings is 1. The van der Waals surface area contributed by atoms with E-state index >= 15 is 0 Å². The Hall–Kier alpha value is -2.88. The summed E-state index contributed by atoms with van der Waals surface area (Å²) in [5, 5.41) is 12.8. The molecule has 1 aromatic carbocycles. The molecule has 0 aliphatic carbocycles. The SMILES string of the molecule is O=C(COc1cccnc1[N+](=O)[O-])Nc1cc(C(F)(F)F)ccc1Cl. The van der Waals surface area contributed by atoms with Crippen molar-refractivity contribution in [2.45, 2.75) is 6.18 Å². The van der Waals surface area contributed by atoms with Gasteiger partial charge in [-0.15, -0.1) is 0 Å². The van der Waals surface area contributed by atoms with Gasteiger partial charge in [-0.2, -0.15) is 13.2 Å². The first-order chi connectivity index (χ1) is 11.7. The summed E-state index contributed by atoms with van der Waals surface area (Å²) in [7, 11) is 0. The van der Waals surface area contributed by atoms with Crippen molar-refractivity contribution >= 4 is 29.0 Å². The Bertz CT molecular complexity index is 814. The van der Waals surface area contributed by atoms with Crippen molar-refractivity contribution < 1.29 is 27.6 Å². The number of alkyl halides is 3. The Kier molecular flexibility index (Phi) is 5.42. The molecule has 0 fully saturated rings. The Morgan fingerprint density at radius 1 is 1.36 bits per heavy atom. The van der Waals surface area contributed by atoms with Crippen LogP contribution < -0.4 is 10.1 Å². The van der Waals surface area contributed by atoms with Crippen LogP contribution in [0.15, 0.2) is 36.5 Å². The molecular formula is C14H9ClF3N3O4. The zero-order valence-electron chi connectivity index (χ0n) is 12.2. The van der Waals surface area contributed by atoms with Gasteiger partial charge in [0.15, 0.2) is 6.61 Å². The summed E-state index contributed by atoms with van der Waals surface area (Å²) in [5.41, 5.74) is -1.25. The number of hydrogen-bond donors (Lipinski definition) is 1. The van der Waals surface area contributed by atoms with Gasteiger partial charge in [0.2, 0.25) is 5.75 Å². The molecule has 0 unspecified atom stereocenters. The summed E-state index contributed by atoms with van der Waals surface area (Å²) in [6, 6.07) is 5.03. The summed E-state index contributed by atoms with van der Waals surface area (Å²) in [6.07, 6.45) is -3.43. The standard InChI is InChI=1S/C14H9ClF3N3O4/c15-9-4-3-8(14(16,17)18)6-10(9)20-12(22)7-25-11-2-1-5-19-13(11)21(23)24/h1-6H,7H2,(H,20,22). The molecule has 1 N–H and O–H groups in total. The van der Waals surface area contributed by atoms with Gasteiger partial charge in [0, 0.05) is 0 Å². The van der Waals surface area contributed by atoms with Gasteiger partial charge >= 0.3 is 12.0 Å². The van der Waals surface area contributed by atoms with Gasteiger partial charge < -0.3 is 20.2 Å². The molecule has 1 aromatic heterocycles. The van der Waals surface area contributed by atoms with Crippen LogP contribution in [0.2, 0.25) is 5.02 Å². The Labute approximate surface area is 143 Å². The van der Waals surface area contributed by atoms with Crippen molar-refractivity contribution in [3.63, 3.8) is 0 Å². The molecule has 0 radical (unpaired) electrons. The third kappa shape index (κ3) is 4.80. The minimum absolute atomic E-state index is 0.103. The van der Waals surface area contributed by atoms with Gasteiger partial charge in [0.05, 0.1) is 16.3 Å². The summed E-state index contributed by atoms with van der Waals surface area (Å²) in [4.78, 5) is 25.3. The molecule has 1 amide bonds. The van der Waals surface area contributed by atoms with Crippen LogP contribution in [0.3, 0.4) is 0 Å². The molecule has 0 bridgehead atoms. The Morgan fingerprint density at radius 3 is 2.72 bits per heavy atom. The monoisotopic (exact) mass is 375 g/mol. The summed E-state index contributed by atoms with van der Waals surface area (Å²) in [6.45, 7) is -0.681. The average Bonchev–Trinajstić information content (AvgIpc) is 2.54. The van der Waals surface area contributed by atoms with Crippen LogP contribution in [-0.4, -0.2) is 22.4 Å². The van der Waals surface area contributed by atoms with E-state index in [1.54, 1.807) is 0 Å². The maximum atomic E-state index is 12.7. The van der Waals surface area contributed by atoms with Crippen LogP contribution in [0.4, 0.5) is 24.7 Å². The predicted molar refractivity (Wildman–Crippen MR) is 81.5 cm³/mol. The zero-order chi connectivity index (χ0) is 18.6. The first kappa shape index (κ1) is 18.5. The molecule has 0 aliphatic heterocycles. The number of benzene rings is 1. The first-order valence-electron chi connectivity index (χ1n) is 6.57. The van der Waals surface area contributed by atoms with Gasteiger partial charge in [-0.1, -0.05) is 11.6 Å². The molecule has 0 atom stereocenters. The fourth-order valence-electron chi connectivity index (χ4n) is 1.76. The van der Waals surface area contributed by atoms with Crippen molar-refractivity contribution in [2.24, 2.45) is 0 Å². The molecule has 0 saturated heterocycles. The van der Waals surface area contributed by atoms with E-state index in [-0.39, 0.29) is 16.5 Å². The fraction of sp³-hybridized carbons (Fsp3) is 0.143. The van der Waals surface area contributed by atoms with E-state index in [9.17, 15) is 28.1 Å². The number of nitrogens with zero attached hydrogens (tertiary/aromatic N) is 2. The molecule has 7 nitrogen and oxygen atoms in total. The molecule has 132 valence electrons. The third-order valence-electron chi connectivity index (χ3n) is 2.85. The Balaban J connectivity index is 2.08.